The SMILES string of the molecule is C=C1[C@H](COCc2ccc(Br)cc2)O[C@@]2(C[C@@H]1C)O[C@H](COCc1ccc(OC)cc1)CCC2=C. The van der Waals surface area contributed by atoms with Crippen LogP contribution in [0, 0.1) is 5.92 Å². The fraction of sp³-hybridized carbons (Fsp3) is 0.448. The smallest absolute Gasteiger partial charge is 0.192 e. The van der Waals surface area contributed by atoms with Crippen LogP contribution in [0.4, 0.5) is 0 Å². The molecular formula is C29H35BrO5. The van der Waals surface area contributed by atoms with Gasteiger partial charge in [0.05, 0.1) is 39.6 Å². The predicted molar refractivity (Wildman–Crippen MR) is 140 cm³/mol. The van der Waals surface area contributed by atoms with Crippen molar-refractivity contribution in [3.63, 3.8) is 0 Å². The molecule has 2 aromatic carbocycles. The molecule has 0 saturated carbocycles. The molecule has 0 aliphatic carbocycles. The number of rotatable bonds is 9. The van der Waals surface area contributed by atoms with Crippen molar-refractivity contribution in [2.75, 3.05) is 20.3 Å². The second-order valence-electron chi connectivity index (χ2n) is 9.43. The van der Waals surface area contributed by atoms with Crippen LogP contribution in [-0.2, 0) is 32.2 Å². The maximum absolute atomic E-state index is 6.56. The molecule has 0 unspecified atom stereocenters. The van der Waals surface area contributed by atoms with Crippen molar-refractivity contribution in [2.24, 2.45) is 5.92 Å². The monoisotopic (exact) mass is 542 g/mol. The molecule has 2 aliphatic rings. The molecule has 0 amide bonds. The van der Waals surface area contributed by atoms with Crippen molar-refractivity contribution in [1.29, 1.82) is 0 Å². The zero-order chi connectivity index (χ0) is 24.8. The third-order valence-corrected chi connectivity index (χ3v) is 7.33. The van der Waals surface area contributed by atoms with Crippen LogP contribution in [0.1, 0.15) is 37.3 Å². The van der Waals surface area contributed by atoms with E-state index in [0.29, 0.717) is 32.8 Å². The van der Waals surface area contributed by atoms with Gasteiger partial charge < -0.3 is 23.7 Å². The van der Waals surface area contributed by atoms with Crippen LogP contribution in [0.3, 0.4) is 0 Å². The van der Waals surface area contributed by atoms with Crippen LogP contribution in [-0.4, -0.2) is 38.3 Å². The van der Waals surface area contributed by atoms with Crippen molar-refractivity contribution < 1.29 is 23.7 Å². The Bertz CT molecular complexity index is 1000. The van der Waals surface area contributed by atoms with Crippen LogP contribution in [0.25, 0.3) is 0 Å². The third-order valence-electron chi connectivity index (χ3n) is 6.80. The first kappa shape index (κ1) is 26.1. The van der Waals surface area contributed by atoms with Gasteiger partial charge in [0.15, 0.2) is 5.79 Å². The summed E-state index contributed by atoms with van der Waals surface area (Å²) >= 11 is 3.47. The van der Waals surface area contributed by atoms with E-state index in [2.05, 4.69) is 36.0 Å². The lowest BCUT2D eigenvalue weighted by molar-refractivity contribution is -0.292. The Morgan fingerprint density at radius 2 is 1.57 bits per heavy atom. The molecule has 6 heteroatoms. The van der Waals surface area contributed by atoms with E-state index in [-0.39, 0.29) is 18.1 Å². The molecule has 4 rings (SSSR count). The Morgan fingerprint density at radius 1 is 0.943 bits per heavy atom. The highest BCUT2D eigenvalue weighted by Crippen LogP contribution is 2.45. The van der Waals surface area contributed by atoms with E-state index in [1.165, 1.54) is 0 Å². The molecular weight excluding hydrogens is 508 g/mol. The van der Waals surface area contributed by atoms with Crippen LogP contribution < -0.4 is 4.74 Å². The van der Waals surface area contributed by atoms with Gasteiger partial charge >= 0.3 is 0 Å². The molecule has 1 spiro atoms. The summed E-state index contributed by atoms with van der Waals surface area (Å²) in [6.45, 7) is 12.8. The highest BCUT2D eigenvalue weighted by Gasteiger charge is 2.48. The van der Waals surface area contributed by atoms with Crippen molar-refractivity contribution in [3.05, 3.63) is 88.4 Å². The molecule has 4 atom stereocenters. The van der Waals surface area contributed by atoms with E-state index in [0.717, 1.165) is 45.3 Å². The van der Waals surface area contributed by atoms with Crippen molar-refractivity contribution >= 4 is 15.9 Å². The minimum absolute atomic E-state index is 0.0540. The Hall–Kier alpha value is -1.96. The second-order valence-corrected chi connectivity index (χ2v) is 10.3. The maximum atomic E-state index is 6.56. The molecule has 188 valence electrons. The predicted octanol–water partition coefficient (Wildman–Crippen LogP) is 6.60. The molecule has 35 heavy (non-hydrogen) atoms. The highest BCUT2D eigenvalue weighted by atomic mass is 79.9. The summed E-state index contributed by atoms with van der Waals surface area (Å²) in [5.74, 6) is 0.254. The number of hydrogen-bond acceptors (Lipinski definition) is 5. The van der Waals surface area contributed by atoms with E-state index < -0.39 is 5.79 Å². The Labute approximate surface area is 217 Å². The summed E-state index contributed by atoms with van der Waals surface area (Å²) in [5, 5.41) is 0. The molecule has 0 radical (unpaired) electrons. The average Bonchev–Trinajstić information content (AvgIpc) is 2.86. The van der Waals surface area contributed by atoms with E-state index in [1.807, 2.05) is 48.5 Å². The number of methoxy groups -OCH3 is 1. The van der Waals surface area contributed by atoms with Crippen LogP contribution in [0.15, 0.2) is 77.3 Å². The van der Waals surface area contributed by atoms with Gasteiger partial charge in [-0.2, -0.15) is 0 Å². The van der Waals surface area contributed by atoms with Gasteiger partial charge in [-0.25, -0.2) is 0 Å². The summed E-state index contributed by atoms with van der Waals surface area (Å²) < 4.78 is 31.4. The maximum Gasteiger partial charge on any atom is 0.192 e. The largest absolute Gasteiger partial charge is 0.497 e. The number of halogens is 1. The van der Waals surface area contributed by atoms with Crippen molar-refractivity contribution in [1.82, 2.24) is 0 Å². The van der Waals surface area contributed by atoms with Crippen LogP contribution in [0.2, 0.25) is 0 Å². The van der Waals surface area contributed by atoms with Gasteiger partial charge in [0, 0.05) is 10.9 Å². The lowest BCUT2D eigenvalue weighted by atomic mass is 9.82. The Kier molecular flexibility index (Phi) is 8.84. The second kappa shape index (κ2) is 11.8. The molecule has 2 fully saturated rings. The number of benzene rings is 2. The van der Waals surface area contributed by atoms with Crippen LogP contribution >= 0.6 is 15.9 Å². The molecule has 2 saturated heterocycles. The van der Waals surface area contributed by atoms with Crippen molar-refractivity contribution in [3.8, 4) is 5.75 Å². The number of hydrogen-bond donors (Lipinski definition) is 0. The van der Waals surface area contributed by atoms with Gasteiger partial charge in [0.25, 0.3) is 0 Å². The fourth-order valence-corrected chi connectivity index (χ4v) is 4.86. The molecule has 2 aromatic rings. The van der Waals surface area contributed by atoms with E-state index in [1.54, 1.807) is 7.11 Å². The van der Waals surface area contributed by atoms with Gasteiger partial charge in [-0.05, 0) is 65.3 Å². The summed E-state index contributed by atoms with van der Waals surface area (Å²) in [5.41, 5.74) is 4.24. The van der Waals surface area contributed by atoms with Gasteiger partial charge in [-0.1, -0.05) is 60.3 Å². The fourth-order valence-electron chi connectivity index (χ4n) is 4.60. The van der Waals surface area contributed by atoms with Gasteiger partial charge in [-0.3, -0.25) is 0 Å². The highest BCUT2D eigenvalue weighted by molar-refractivity contribution is 9.10. The lowest BCUT2D eigenvalue weighted by Crippen LogP contribution is -2.53. The third kappa shape index (κ3) is 6.63. The van der Waals surface area contributed by atoms with E-state index >= 15 is 0 Å². The molecule has 2 aliphatic heterocycles. The quantitative estimate of drug-likeness (QED) is 0.334. The minimum Gasteiger partial charge on any atom is -0.497 e. The summed E-state index contributed by atoms with van der Waals surface area (Å²) in [6.07, 6.45) is 2.13. The molecule has 0 aromatic heterocycles. The molecule has 5 nitrogen and oxygen atoms in total. The first-order chi connectivity index (χ1) is 16.9. The van der Waals surface area contributed by atoms with Gasteiger partial charge in [0.2, 0.25) is 0 Å². The standard InChI is InChI=1S/C29H35BrO5/c1-20-15-29(35-28(22(20)3)19-33-17-23-6-10-25(30)11-7-23)21(2)5-12-27(34-29)18-32-16-24-8-13-26(31-4)14-9-24/h6-11,13-14,20,27-28H,2-3,5,12,15-19H2,1,4H3/t20-,27-,28-,29+/m0/s1. The minimum atomic E-state index is -0.821. The molecule has 0 bridgehead atoms. The summed E-state index contributed by atoms with van der Waals surface area (Å²) in [6, 6.07) is 16.0. The summed E-state index contributed by atoms with van der Waals surface area (Å²) in [4.78, 5) is 0. The van der Waals surface area contributed by atoms with Crippen LogP contribution in [0.5, 0.6) is 5.75 Å². The van der Waals surface area contributed by atoms with E-state index in [4.69, 9.17) is 23.7 Å². The van der Waals surface area contributed by atoms with Gasteiger partial charge in [0.1, 0.15) is 11.9 Å². The molecule has 2 heterocycles. The summed E-state index contributed by atoms with van der Waals surface area (Å²) in [7, 11) is 1.66. The van der Waals surface area contributed by atoms with E-state index in [9.17, 15) is 0 Å². The van der Waals surface area contributed by atoms with Gasteiger partial charge in [-0.15, -0.1) is 0 Å². The molecule has 0 N–H and O–H groups in total. The Balaban J connectivity index is 1.33. The Morgan fingerprint density at radius 3 is 2.23 bits per heavy atom. The first-order valence-corrected chi connectivity index (χ1v) is 12.9. The topological polar surface area (TPSA) is 46.2 Å². The van der Waals surface area contributed by atoms with Crippen molar-refractivity contribution in [2.45, 2.75) is 57.4 Å². The first-order valence-electron chi connectivity index (χ1n) is 12.1. The zero-order valence-electron chi connectivity index (χ0n) is 20.6. The average molecular weight is 543 g/mol. The zero-order valence-corrected chi connectivity index (χ0v) is 22.2. The number of ether oxygens (including phenoxy) is 5. The lowest BCUT2D eigenvalue weighted by Gasteiger charge is -2.49. The normalized spacial score (nSPS) is 26.8.